The second kappa shape index (κ2) is 4.37. The van der Waals surface area contributed by atoms with E-state index in [1.54, 1.807) is 0 Å². The quantitative estimate of drug-likeness (QED) is 0.762. The van der Waals surface area contributed by atoms with Crippen LogP contribution in [0.25, 0.3) is 0 Å². The lowest BCUT2D eigenvalue weighted by atomic mass is 10.2. The van der Waals surface area contributed by atoms with E-state index >= 15 is 0 Å². The van der Waals surface area contributed by atoms with Gasteiger partial charge in [0.15, 0.2) is 0 Å². The van der Waals surface area contributed by atoms with Crippen molar-refractivity contribution in [1.82, 2.24) is 0 Å². The highest BCUT2D eigenvalue weighted by Gasteiger charge is 2.12. The lowest BCUT2D eigenvalue weighted by molar-refractivity contribution is 1.12. The van der Waals surface area contributed by atoms with Gasteiger partial charge in [-0.1, -0.05) is 6.92 Å². The molecule has 0 bridgehead atoms. The van der Waals surface area contributed by atoms with Gasteiger partial charge in [-0.05, 0) is 47.4 Å². The van der Waals surface area contributed by atoms with Gasteiger partial charge in [-0.25, -0.2) is 0 Å². The van der Waals surface area contributed by atoms with Gasteiger partial charge in [-0.3, -0.25) is 0 Å². The molecule has 0 aliphatic heterocycles. The van der Waals surface area contributed by atoms with Gasteiger partial charge in [0.05, 0.1) is 10.0 Å². The average Bonchev–Trinajstić information content (AvgIpc) is 2.84. The molecular formula is C12H15NS2. The summed E-state index contributed by atoms with van der Waals surface area (Å²) in [6.07, 6.45) is 1.10. The number of thiophene rings is 2. The SMILES string of the molecule is CCc1ccsc1N(C)c1sccc1C. The molecule has 2 heterocycles. The number of hydrogen-bond acceptors (Lipinski definition) is 3. The largest absolute Gasteiger partial charge is 0.328 e. The smallest absolute Gasteiger partial charge is 0.0989 e. The summed E-state index contributed by atoms with van der Waals surface area (Å²) in [4.78, 5) is 2.31. The lowest BCUT2D eigenvalue weighted by Crippen LogP contribution is -2.08. The Balaban J connectivity index is 2.36. The van der Waals surface area contributed by atoms with Crippen LogP contribution in [0.2, 0.25) is 0 Å². The van der Waals surface area contributed by atoms with Crippen molar-refractivity contribution in [3.8, 4) is 0 Å². The van der Waals surface area contributed by atoms with Gasteiger partial charge in [0, 0.05) is 7.05 Å². The number of nitrogens with zero attached hydrogens (tertiary/aromatic N) is 1. The van der Waals surface area contributed by atoms with E-state index in [1.165, 1.54) is 21.1 Å². The number of anilines is 2. The van der Waals surface area contributed by atoms with Gasteiger partial charge in [0.1, 0.15) is 0 Å². The Morgan fingerprint density at radius 1 is 1.13 bits per heavy atom. The highest BCUT2D eigenvalue weighted by atomic mass is 32.1. The summed E-state index contributed by atoms with van der Waals surface area (Å²) in [6, 6.07) is 4.40. The molecule has 0 unspecified atom stereocenters. The van der Waals surface area contributed by atoms with Crippen LogP contribution in [-0.4, -0.2) is 7.05 Å². The van der Waals surface area contributed by atoms with Crippen molar-refractivity contribution in [3.05, 3.63) is 34.0 Å². The first-order chi connectivity index (χ1) is 7.24. The molecule has 2 aromatic heterocycles. The molecule has 0 saturated carbocycles. The summed E-state index contributed by atoms with van der Waals surface area (Å²) < 4.78 is 0. The number of rotatable bonds is 3. The molecule has 0 N–H and O–H groups in total. The van der Waals surface area contributed by atoms with Gasteiger partial charge in [-0.2, -0.15) is 0 Å². The Morgan fingerprint density at radius 3 is 2.40 bits per heavy atom. The number of aryl methyl sites for hydroxylation is 2. The van der Waals surface area contributed by atoms with Crippen molar-refractivity contribution in [3.63, 3.8) is 0 Å². The molecule has 0 spiro atoms. The van der Waals surface area contributed by atoms with Crippen LogP contribution < -0.4 is 4.90 Å². The topological polar surface area (TPSA) is 3.24 Å². The van der Waals surface area contributed by atoms with Crippen LogP contribution in [0.4, 0.5) is 10.0 Å². The Bertz CT molecular complexity index is 442. The summed E-state index contributed by atoms with van der Waals surface area (Å²) in [5.41, 5.74) is 2.80. The molecule has 2 rings (SSSR count). The average molecular weight is 237 g/mol. The normalized spacial score (nSPS) is 10.6. The van der Waals surface area contributed by atoms with E-state index in [2.05, 4.69) is 48.7 Å². The van der Waals surface area contributed by atoms with Crippen molar-refractivity contribution in [2.24, 2.45) is 0 Å². The first kappa shape index (κ1) is 10.7. The molecule has 0 amide bonds. The Kier molecular flexibility index (Phi) is 3.12. The van der Waals surface area contributed by atoms with Crippen LogP contribution >= 0.6 is 22.7 Å². The van der Waals surface area contributed by atoms with Crippen LogP contribution in [0.15, 0.2) is 22.9 Å². The fourth-order valence-corrected chi connectivity index (χ4v) is 3.63. The predicted molar refractivity (Wildman–Crippen MR) is 70.8 cm³/mol. The summed E-state index contributed by atoms with van der Waals surface area (Å²) in [5.74, 6) is 0. The van der Waals surface area contributed by atoms with E-state index in [4.69, 9.17) is 0 Å². The first-order valence-corrected chi connectivity index (χ1v) is 6.84. The molecule has 2 aromatic rings. The fraction of sp³-hybridized carbons (Fsp3) is 0.333. The third-order valence-corrected chi connectivity index (χ3v) is 4.67. The lowest BCUT2D eigenvalue weighted by Gasteiger charge is -2.18. The van der Waals surface area contributed by atoms with Crippen LogP contribution in [0.3, 0.4) is 0 Å². The molecule has 0 aliphatic carbocycles. The second-order valence-electron chi connectivity index (χ2n) is 3.57. The van der Waals surface area contributed by atoms with Crippen LogP contribution in [-0.2, 0) is 6.42 Å². The summed E-state index contributed by atoms with van der Waals surface area (Å²) in [5, 5.41) is 7.06. The standard InChI is InChI=1S/C12H15NS2/c1-4-10-6-8-15-12(10)13(3)11-9(2)5-7-14-11/h5-8H,4H2,1-3H3. The highest BCUT2D eigenvalue weighted by Crippen LogP contribution is 2.36. The molecule has 0 fully saturated rings. The zero-order valence-electron chi connectivity index (χ0n) is 9.28. The Hall–Kier alpha value is -0.800. The van der Waals surface area contributed by atoms with E-state index in [-0.39, 0.29) is 0 Å². The van der Waals surface area contributed by atoms with Gasteiger partial charge in [0.2, 0.25) is 0 Å². The molecule has 0 aliphatic rings. The van der Waals surface area contributed by atoms with Crippen LogP contribution in [0.5, 0.6) is 0 Å². The zero-order valence-corrected chi connectivity index (χ0v) is 10.9. The molecule has 1 nitrogen and oxygen atoms in total. The minimum atomic E-state index is 1.10. The van der Waals surface area contributed by atoms with Crippen LogP contribution in [0, 0.1) is 6.92 Å². The van der Waals surface area contributed by atoms with E-state index in [0.29, 0.717) is 0 Å². The van der Waals surface area contributed by atoms with E-state index in [1.807, 2.05) is 22.7 Å². The summed E-state index contributed by atoms with van der Waals surface area (Å²) in [6.45, 7) is 4.38. The van der Waals surface area contributed by atoms with E-state index < -0.39 is 0 Å². The molecule has 0 radical (unpaired) electrons. The summed E-state index contributed by atoms with van der Waals surface area (Å²) in [7, 11) is 2.16. The van der Waals surface area contributed by atoms with Gasteiger partial charge in [-0.15, -0.1) is 22.7 Å². The van der Waals surface area contributed by atoms with Crippen molar-refractivity contribution in [1.29, 1.82) is 0 Å². The summed E-state index contributed by atoms with van der Waals surface area (Å²) >= 11 is 3.63. The third-order valence-electron chi connectivity index (χ3n) is 2.55. The zero-order chi connectivity index (χ0) is 10.8. The van der Waals surface area contributed by atoms with E-state index in [0.717, 1.165) is 6.42 Å². The molecule has 80 valence electrons. The second-order valence-corrected chi connectivity index (χ2v) is 5.36. The first-order valence-electron chi connectivity index (χ1n) is 5.08. The minimum absolute atomic E-state index is 1.10. The van der Waals surface area contributed by atoms with Gasteiger partial charge >= 0.3 is 0 Å². The van der Waals surface area contributed by atoms with Gasteiger partial charge in [0.25, 0.3) is 0 Å². The molecule has 15 heavy (non-hydrogen) atoms. The maximum Gasteiger partial charge on any atom is 0.0989 e. The van der Waals surface area contributed by atoms with E-state index in [9.17, 15) is 0 Å². The Labute approximate surface area is 99.0 Å². The molecule has 0 aromatic carbocycles. The minimum Gasteiger partial charge on any atom is -0.328 e. The Morgan fingerprint density at radius 2 is 1.80 bits per heavy atom. The molecule has 0 saturated heterocycles. The maximum absolute atomic E-state index is 2.31. The molecular weight excluding hydrogens is 222 g/mol. The predicted octanol–water partition coefficient (Wildman–Crippen LogP) is 4.45. The van der Waals surface area contributed by atoms with Gasteiger partial charge < -0.3 is 4.90 Å². The van der Waals surface area contributed by atoms with Crippen molar-refractivity contribution in [2.75, 3.05) is 11.9 Å². The molecule has 3 heteroatoms. The molecule has 0 atom stereocenters. The number of hydrogen-bond donors (Lipinski definition) is 0. The van der Waals surface area contributed by atoms with Crippen molar-refractivity contribution >= 4 is 32.7 Å². The maximum atomic E-state index is 2.31. The monoisotopic (exact) mass is 237 g/mol. The highest BCUT2D eigenvalue weighted by molar-refractivity contribution is 7.16. The third kappa shape index (κ3) is 1.94. The van der Waals surface area contributed by atoms with Crippen LogP contribution in [0.1, 0.15) is 18.1 Å². The van der Waals surface area contributed by atoms with Crippen molar-refractivity contribution in [2.45, 2.75) is 20.3 Å². The van der Waals surface area contributed by atoms with Crippen molar-refractivity contribution < 1.29 is 0 Å². The fourth-order valence-electron chi connectivity index (χ4n) is 1.69.